The Morgan fingerprint density at radius 1 is 1.27 bits per heavy atom. The van der Waals surface area contributed by atoms with Crippen LogP contribution in [0.5, 0.6) is 0 Å². The van der Waals surface area contributed by atoms with Crippen LogP contribution in [0.4, 0.5) is 13.2 Å². The number of alkyl halides is 3. The molecule has 1 saturated heterocycles. The van der Waals surface area contributed by atoms with Gasteiger partial charge in [0.05, 0.1) is 0 Å². The molecule has 1 N–H and O–H groups in total. The van der Waals surface area contributed by atoms with Crippen molar-refractivity contribution in [3.05, 3.63) is 35.4 Å². The van der Waals surface area contributed by atoms with Crippen molar-refractivity contribution in [3.63, 3.8) is 0 Å². The highest BCUT2D eigenvalue weighted by Gasteiger charge is 2.51. The molecule has 0 bridgehead atoms. The summed E-state index contributed by atoms with van der Waals surface area (Å²) in [5.41, 5.74) is -2.85. The van der Waals surface area contributed by atoms with Gasteiger partial charge in [-0.2, -0.15) is 13.2 Å². The number of hydrogen-bond donors (Lipinski definition) is 1. The minimum absolute atomic E-state index is 0.176. The summed E-state index contributed by atoms with van der Waals surface area (Å²) in [5.74, 6) is 0.257. The van der Waals surface area contributed by atoms with Gasteiger partial charge in [-0.3, -0.25) is 4.79 Å². The second-order valence-electron chi connectivity index (χ2n) is 6.15. The van der Waals surface area contributed by atoms with Crippen LogP contribution in [0.3, 0.4) is 0 Å². The number of rotatable bonds is 2. The van der Waals surface area contributed by atoms with Gasteiger partial charge in [-0.05, 0) is 43.4 Å². The molecule has 122 valence electrons. The van der Waals surface area contributed by atoms with E-state index < -0.39 is 11.8 Å². The summed E-state index contributed by atoms with van der Waals surface area (Å²) < 4.78 is 38.4. The Labute approximate surface area is 127 Å². The maximum absolute atomic E-state index is 12.8. The Kier molecular flexibility index (Phi) is 4.52. The number of halogens is 3. The van der Waals surface area contributed by atoms with Crippen LogP contribution in [0.25, 0.3) is 0 Å². The van der Waals surface area contributed by atoms with Crippen LogP contribution in [0.2, 0.25) is 0 Å². The third kappa shape index (κ3) is 3.27. The largest absolute Gasteiger partial charge is 0.421 e. The van der Waals surface area contributed by atoms with Gasteiger partial charge in [0.15, 0.2) is 5.60 Å². The van der Waals surface area contributed by atoms with Crippen LogP contribution in [0, 0.1) is 5.92 Å². The fourth-order valence-electron chi connectivity index (χ4n) is 2.66. The number of hydrogen-bond acceptors (Lipinski definition) is 2. The molecule has 2 atom stereocenters. The van der Waals surface area contributed by atoms with Crippen molar-refractivity contribution < 1.29 is 23.1 Å². The molecule has 1 aromatic rings. The lowest BCUT2D eigenvalue weighted by Gasteiger charge is -2.31. The number of benzene rings is 1. The lowest BCUT2D eigenvalue weighted by Crippen LogP contribution is -2.40. The topological polar surface area (TPSA) is 40.5 Å². The molecule has 0 spiro atoms. The van der Waals surface area contributed by atoms with Crippen molar-refractivity contribution in [2.75, 3.05) is 13.1 Å². The molecule has 22 heavy (non-hydrogen) atoms. The molecule has 1 aromatic carbocycles. The summed E-state index contributed by atoms with van der Waals surface area (Å²) in [6.07, 6.45) is -2.74. The Morgan fingerprint density at radius 3 is 2.36 bits per heavy atom. The van der Waals surface area contributed by atoms with E-state index in [0.29, 0.717) is 31.5 Å². The second-order valence-corrected chi connectivity index (χ2v) is 6.15. The minimum atomic E-state index is -4.76. The molecule has 0 radical (unpaired) electrons. The zero-order chi connectivity index (χ0) is 16.5. The number of nitrogens with zero attached hydrogens (tertiary/aromatic N) is 1. The van der Waals surface area contributed by atoms with Crippen LogP contribution < -0.4 is 0 Å². The minimum Gasteiger partial charge on any atom is -0.376 e. The Balaban J connectivity index is 2.17. The first-order valence-corrected chi connectivity index (χ1v) is 7.32. The van der Waals surface area contributed by atoms with Gasteiger partial charge in [0.1, 0.15) is 0 Å². The maximum atomic E-state index is 12.8. The van der Waals surface area contributed by atoms with Gasteiger partial charge in [0.25, 0.3) is 5.91 Å². The Bertz CT molecular complexity index is 537. The zero-order valence-corrected chi connectivity index (χ0v) is 12.7. The van der Waals surface area contributed by atoms with Gasteiger partial charge in [-0.1, -0.05) is 19.1 Å². The van der Waals surface area contributed by atoms with E-state index in [1.807, 2.05) is 0 Å². The number of aliphatic hydroxyl groups is 1. The first-order valence-electron chi connectivity index (χ1n) is 7.32. The molecule has 0 aromatic heterocycles. The molecular weight excluding hydrogens is 295 g/mol. The van der Waals surface area contributed by atoms with E-state index in [1.165, 1.54) is 12.1 Å². The molecule has 0 saturated carbocycles. The van der Waals surface area contributed by atoms with Crippen molar-refractivity contribution in [2.24, 2.45) is 5.92 Å². The quantitative estimate of drug-likeness (QED) is 0.909. The summed E-state index contributed by atoms with van der Waals surface area (Å²) in [5, 5.41) is 9.61. The van der Waals surface area contributed by atoms with Gasteiger partial charge in [0, 0.05) is 18.7 Å². The third-order valence-corrected chi connectivity index (χ3v) is 4.19. The number of carbonyl (C=O) groups excluding carboxylic acids is 1. The molecule has 2 rings (SSSR count). The van der Waals surface area contributed by atoms with E-state index in [1.54, 1.807) is 4.90 Å². The Hall–Kier alpha value is -1.56. The first-order chi connectivity index (χ1) is 10.1. The maximum Gasteiger partial charge on any atom is 0.421 e. The van der Waals surface area contributed by atoms with E-state index >= 15 is 0 Å². The molecule has 0 aliphatic carbocycles. The van der Waals surface area contributed by atoms with E-state index in [9.17, 15) is 23.1 Å². The molecule has 1 heterocycles. The predicted molar refractivity (Wildman–Crippen MR) is 76.4 cm³/mol. The average Bonchev–Trinajstić information content (AvgIpc) is 2.45. The number of piperidine rings is 1. The fourth-order valence-corrected chi connectivity index (χ4v) is 2.66. The highest BCUT2D eigenvalue weighted by Crippen LogP contribution is 2.38. The van der Waals surface area contributed by atoms with Gasteiger partial charge < -0.3 is 10.0 Å². The molecule has 1 amide bonds. The van der Waals surface area contributed by atoms with Crippen LogP contribution >= 0.6 is 0 Å². The smallest absolute Gasteiger partial charge is 0.376 e. The van der Waals surface area contributed by atoms with E-state index in [0.717, 1.165) is 25.0 Å². The standard InChI is InChI=1S/C16H20F3NO2/c1-11-4-3-9-20(10-11)14(21)12-5-7-13(8-6-12)15(2,22)16(17,18)19/h5-8,11,22H,3-4,9-10H2,1-2H3/t11-,15-/m0/s1. The zero-order valence-electron chi connectivity index (χ0n) is 12.7. The SMILES string of the molecule is C[C@H]1CCCN(C(=O)c2ccc([C@](C)(O)C(F)(F)F)cc2)C1. The second kappa shape index (κ2) is 5.91. The van der Waals surface area contributed by atoms with Crippen LogP contribution in [0.15, 0.2) is 24.3 Å². The van der Waals surface area contributed by atoms with Crippen molar-refractivity contribution >= 4 is 5.91 Å². The molecule has 3 nitrogen and oxygen atoms in total. The summed E-state index contributed by atoms with van der Waals surface area (Å²) in [6.45, 7) is 4.12. The van der Waals surface area contributed by atoms with Crippen molar-refractivity contribution in [1.82, 2.24) is 4.90 Å². The molecule has 0 unspecified atom stereocenters. The van der Waals surface area contributed by atoms with Crippen LogP contribution in [0.1, 0.15) is 42.6 Å². The first kappa shape index (κ1) is 16.8. The van der Waals surface area contributed by atoms with E-state index in [-0.39, 0.29) is 11.5 Å². The van der Waals surface area contributed by atoms with Crippen molar-refractivity contribution in [1.29, 1.82) is 0 Å². The molecular formula is C16H20F3NO2. The fraction of sp³-hybridized carbons (Fsp3) is 0.562. The summed E-state index contributed by atoms with van der Waals surface area (Å²) in [4.78, 5) is 14.1. The summed E-state index contributed by atoms with van der Waals surface area (Å²) >= 11 is 0. The number of carbonyl (C=O) groups is 1. The third-order valence-electron chi connectivity index (χ3n) is 4.19. The van der Waals surface area contributed by atoms with Gasteiger partial charge in [-0.25, -0.2) is 0 Å². The number of likely N-dealkylation sites (tertiary alicyclic amines) is 1. The van der Waals surface area contributed by atoms with Gasteiger partial charge >= 0.3 is 6.18 Å². The van der Waals surface area contributed by atoms with Crippen molar-refractivity contribution in [3.8, 4) is 0 Å². The van der Waals surface area contributed by atoms with Crippen LogP contribution in [-0.4, -0.2) is 35.2 Å². The van der Waals surface area contributed by atoms with Gasteiger partial charge in [-0.15, -0.1) is 0 Å². The molecule has 1 aliphatic rings. The lowest BCUT2D eigenvalue weighted by molar-refractivity contribution is -0.258. The molecule has 1 aliphatic heterocycles. The highest BCUT2D eigenvalue weighted by molar-refractivity contribution is 5.94. The van der Waals surface area contributed by atoms with Crippen LogP contribution in [-0.2, 0) is 5.60 Å². The lowest BCUT2D eigenvalue weighted by atomic mass is 9.94. The number of amides is 1. The molecule has 6 heteroatoms. The monoisotopic (exact) mass is 315 g/mol. The summed E-state index contributed by atoms with van der Waals surface area (Å²) in [6, 6.07) is 5.01. The van der Waals surface area contributed by atoms with Crippen molar-refractivity contribution in [2.45, 2.75) is 38.5 Å². The Morgan fingerprint density at radius 2 is 1.86 bits per heavy atom. The average molecular weight is 315 g/mol. The normalized spacial score (nSPS) is 22.3. The summed E-state index contributed by atoms with van der Waals surface area (Å²) in [7, 11) is 0. The van der Waals surface area contributed by atoms with Gasteiger partial charge in [0.2, 0.25) is 0 Å². The van der Waals surface area contributed by atoms with E-state index in [2.05, 4.69) is 6.92 Å². The predicted octanol–water partition coefficient (Wildman–Crippen LogP) is 3.33. The molecule has 1 fully saturated rings. The van der Waals surface area contributed by atoms with E-state index in [4.69, 9.17) is 0 Å². The highest BCUT2D eigenvalue weighted by atomic mass is 19.4.